The number of hydrogen-bond donors (Lipinski definition) is 1. The minimum atomic E-state index is 0.428. The van der Waals surface area contributed by atoms with Gasteiger partial charge < -0.3 is 0 Å². The Bertz CT molecular complexity index is 516. The smallest absolute Gasteiger partial charge is 0.150 e. The largest absolute Gasteiger partial charge is 0.266 e. The summed E-state index contributed by atoms with van der Waals surface area (Å²) >= 11 is 12.6. The van der Waals surface area contributed by atoms with Gasteiger partial charge in [0.15, 0.2) is 0 Å². The zero-order chi connectivity index (χ0) is 10.1. The van der Waals surface area contributed by atoms with Crippen molar-refractivity contribution >= 4 is 35.2 Å². The van der Waals surface area contributed by atoms with Crippen LogP contribution in [0, 0.1) is 11.6 Å². The summed E-state index contributed by atoms with van der Waals surface area (Å²) in [6.07, 6.45) is 0. The van der Waals surface area contributed by atoms with Crippen LogP contribution in [-0.4, -0.2) is 10.2 Å². The summed E-state index contributed by atoms with van der Waals surface area (Å²) in [5, 5.41) is 9.01. The lowest BCUT2D eigenvalue weighted by molar-refractivity contribution is 1.02. The minimum Gasteiger partial charge on any atom is -0.266 e. The number of halogens is 1. The SMILES string of the molecule is Cc1cc(-c2cc(Cl)n[nH]c2=S)cs1. The lowest BCUT2D eigenvalue weighted by atomic mass is 10.2. The van der Waals surface area contributed by atoms with Crippen LogP contribution < -0.4 is 0 Å². The van der Waals surface area contributed by atoms with Crippen LogP contribution in [0.1, 0.15) is 4.88 Å². The quantitative estimate of drug-likeness (QED) is 0.770. The van der Waals surface area contributed by atoms with Crippen LogP contribution >= 0.6 is 35.2 Å². The highest BCUT2D eigenvalue weighted by molar-refractivity contribution is 7.71. The fourth-order valence-corrected chi connectivity index (χ4v) is 2.26. The van der Waals surface area contributed by atoms with E-state index in [1.807, 2.05) is 0 Å². The fourth-order valence-electron chi connectivity index (χ4n) is 1.18. The third kappa shape index (κ3) is 1.87. The van der Waals surface area contributed by atoms with E-state index in [0.29, 0.717) is 9.79 Å². The lowest BCUT2D eigenvalue weighted by Gasteiger charge is -1.97. The molecule has 1 N–H and O–H groups in total. The highest BCUT2D eigenvalue weighted by atomic mass is 35.5. The van der Waals surface area contributed by atoms with Crippen molar-refractivity contribution in [3.63, 3.8) is 0 Å². The molecule has 0 radical (unpaired) electrons. The van der Waals surface area contributed by atoms with Gasteiger partial charge in [0.1, 0.15) is 9.79 Å². The van der Waals surface area contributed by atoms with E-state index < -0.39 is 0 Å². The van der Waals surface area contributed by atoms with Gasteiger partial charge in [-0.25, -0.2) is 0 Å². The second-order valence-electron chi connectivity index (χ2n) is 2.88. The van der Waals surface area contributed by atoms with E-state index in [1.165, 1.54) is 4.88 Å². The van der Waals surface area contributed by atoms with Crippen molar-refractivity contribution in [1.29, 1.82) is 0 Å². The maximum Gasteiger partial charge on any atom is 0.150 e. The van der Waals surface area contributed by atoms with Gasteiger partial charge in [-0.3, -0.25) is 5.10 Å². The Morgan fingerprint density at radius 1 is 1.50 bits per heavy atom. The van der Waals surface area contributed by atoms with E-state index in [0.717, 1.165) is 11.1 Å². The normalized spacial score (nSPS) is 10.4. The lowest BCUT2D eigenvalue weighted by Crippen LogP contribution is -1.85. The molecule has 0 aliphatic heterocycles. The summed E-state index contributed by atoms with van der Waals surface area (Å²) in [6.45, 7) is 2.06. The van der Waals surface area contributed by atoms with Crippen molar-refractivity contribution < 1.29 is 0 Å². The van der Waals surface area contributed by atoms with Gasteiger partial charge in [0.25, 0.3) is 0 Å². The van der Waals surface area contributed by atoms with E-state index in [4.69, 9.17) is 23.8 Å². The Kier molecular flexibility index (Phi) is 2.67. The van der Waals surface area contributed by atoms with E-state index in [1.54, 1.807) is 17.4 Å². The average Bonchev–Trinajstić information content (AvgIpc) is 2.56. The van der Waals surface area contributed by atoms with Crippen molar-refractivity contribution in [1.82, 2.24) is 10.2 Å². The van der Waals surface area contributed by atoms with Crippen LogP contribution in [0.2, 0.25) is 5.15 Å². The fraction of sp³-hybridized carbons (Fsp3) is 0.111. The zero-order valence-corrected chi connectivity index (χ0v) is 9.76. The van der Waals surface area contributed by atoms with Gasteiger partial charge in [-0.2, -0.15) is 5.10 Å². The third-order valence-electron chi connectivity index (χ3n) is 1.81. The molecule has 72 valence electrons. The molecule has 0 atom stereocenters. The second kappa shape index (κ2) is 3.81. The maximum absolute atomic E-state index is 5.79. The predicted octanol–water partition coefficient (Wildman–Crippen LogP) is 3.83. The Hall–Kier alpha value is -0.710. The number of aryl methyl sites for hydroxylation is 1. The van der Waals surface area contributed by atoms with Crippen molar-refractivity contribution in [2.45, 2.75) is 6.92 Å². The summed E-state index contributed by atoms with van der Waals surface area (Å²) in [4.78, 5) is 1.25. The molecule has 2 nitrogen and oxygen atoms in total. The molecule has 2 rings (SSSR count). The molecule has 0 saturated carbocycles. The number of thiophene rings is 1. The van der Waals surface area contributed by atoms with Gasteiger partial charge in [-0.1, -0.05) is 23.8 Å². The molecule has 0 amide bonds. The van der Waals surface area contributed by atoms with Crippen LogP contribution in [-0.2, 0) is 0 Å². The summed E-state index contributed by atoms with van der Waals surface area (Å²) < 4.78 is 0.618. The molecule has 0 spiro atoms. The van der Waals surface area contributed by atoms with E-state index in [2.05, 4.69) is 28.6 Å². The highest BCUT2D eigenvalue weighted by Crippen LogP contribution is 2.26. The van der Waals surface area contributed by atoms with Crippen molar-refractivity contribution in [3.05, 3.63) is 32.2 Å². The maximum atomic E-state index is 5.79. The monoisotopic (exact) mass is 242 g/mol. The number of nitrogens with zero attached hydrogens (tertiary/aromatic N) is 1. The molecule has 0 aliphatic rings. The number of aromatic amines is 1. The van der Waals surface area contributed by atoms with Gasteiger partial charge in [0.05, 0.1) is 0 Å². The number of aromatic nitrogens is 2. The number of H-pyrrole nitrogens is 1. The molecule has 0 unspecified atom stereocenters. The summed E-state index contributed by atoms with van der Waals surface area (Å²) in [5.41, 5.74) is 2.03. The topological polar surface area (TPSA) is 28.7 Å². The molecule has 2 aromatic heterocycles. The van der Waals surface area contributed by atoms with Crippen molar-refractivity contribution in [2.75, 3.05) is 0 Å². The molecule has 0 fully saturated rings. The van der Waals surface area contributed by atoms with Gasteiger partial charge in [-0.15, -0.1) is 11.3 Å². The first-order valence-electron chi connectivity index (χ1n) is 3.97. The summed E-state index contributed by atoms with van der Waals surface area (Å²) in [6, 6.07) is 3.86. The van der Waals surface area contributed by atoms with Crippen molar-refractivity contribution in [2.24, 2.45) is 0 Å². The van der Waals surface area contributed by atoms with Crippen LogP contribution in [0.3, 0.4) is 0 Å². The first-order chi connectivity index (χ1) is 6.66. The van der Waals surface area contributed by atoms with Crippen LogP contribution in [0.5, 0.6) is 0 Å². The third-order valence-corrected chi connectivity index (χ3v) is 3.18. The Morgan fingerprint density at radius 3 is 2.93 bits per heavy atom. The molecule has 2 heterocycles. The van der Waals surface area contributed by atoms with E-state index in [9.17, 15) is 0 Å². The zero-order valence-electron chi connectivity index (χ0n) is 7.37. The Morgan fingerprint density at radius 2 is 2.29 bits per heavy atom. The molecule has 5 heteroatoms. The second-order valence-corrected chi connectivity index (χ2v) is 4.79. The van der Waals surface area contributed by atoms with Crippen LogP contribution in [0.15, 0.2) is 17.5 Å². The van der Waals surface area contributed by atoms with Gasteiger partial charge >= 0.3 is 0 Å². The molecular weight excluding hydrogens is 236 g/mol. The Labute approximate surface area is 95.6 Å². The predicted molar refractivity (Wildman–Crippen MR) is 62.5 cm³/mol. The van der Waals surface area contributed by atoms with E-state index >= 15 is 0 Å². The number of rotatable bonds is 1. The molecule has 0 bridgehead atoms. The molecule has 0 aliphatic carbocycles. The van der Waals surface area contributed by atoms with Crippen molar-refractivity contribution in [3.8, 4) is 11.1 Å². The van der Waals surface area contributed by atoms with Crippen LogP contribution in [0.4, 0.5) is 0 Å². The summed E-state index contributed by atoms with van der Waals surface area (Å²) in [7, 11) is 0. The average molecular weight is 243 g/mol. The van der Waals surface area contributed by atoms with E-state index in [-0.39, 0.29) is 0 Å². The standard InChI is InChI=1S/C9H7ClN2S2/c1-5-2-6(4-14-5)7-3-8(10)11-12-9(7)13/h2-4H,1H3,(H,12,13). The molecule has 2 aromatic rings. The molecule has 14 heavy (non-hydrogen) atoms. The highest BCUT2D eigenvalue weighted by Gasteiger charge is 2.03. The number of nitrogens with one attached hydrogen (secondary N) is 1. The van der Waals surface area contributed by atoms with Gasteiger partial charge in [0, 0.05) is 10.4 Å². The molecule has 0 aromatic carbocycles. The first kappa shape index (κ1) is 9.83. The first-order valence-corrected chi connectivity index (χ1v) is 5.64. The van der Waals surface area contributed by atoms with Crippen LogP contribution in [0.25, 0.3) is 11.1 Å². The van der Waals surface area contributed by atoms with Gasteiger partial charge in [-0.05, 0) is 30.0 Å². The minimum absolute atomic E-state index is 0.428. The van der Waals surface area contributed by atoms with Gasteiger partial charge in [0.2, 0.25) is 0 Å². The molecular formula is C9H7ClN2S2. The summed E-state index contributed by atoms with van der Waals surface area (Å²) in [5.74, 6) is 0. The number of hydrogen-bond acceptors (Lipinski definition) is 3. The molecule has 0 saturated heterocycles. The Balaban J connectivity index is 2.61.